The standard InChI is InChI=1S/C44H80N2O3/c1-4-7-10-13-16-19-22-25-28-31-36-45-43(47)40-34-35-41(44(48)46-37-32-29-26-23-20-17-14-11-8-5-2)42(39-40)49-38-33-30-27-24-21-18-15-12-9-6-3/h34-35,39H,4-33,36-38H2,1-3H3,(H,45,47)(H,46,48). The molecule has 5 nitrogen and oxygen atoms in total. The van der Waals surface area contributed by atoms with E-state index in [9.17, 15) is 9.59 Å². The topological polar surface area (TPSA) is 67.4 Å². The predicted octanol–water partition coefficient (Wildman–Crippen LogP) is 13.3. The number of benzene rings is 1. The fourth-order valence-electron chi connectivity index (χ4n) is 6.57. The quantitative estimate of drug-likeness (QED) is 0.0691. The Bertz CT molecular complexity index is 902. The summed E-state index contributed by atoms with van der Waals surface area (Å²) in [5.41, 5.74) is 1.10. The molecule has 0 aliphatic carbocycles. The third-order valence-corrected chi connectivity index (χ3v) is 9.88. The molecule has 0 spiro atoms. The van der Waals surface area contributed by atoms with Gasteiger partial charge < -0.3 is 15.4 Å². The van der Waals surface area contributed by atoms with Gasteiger partial charge in [-0.25, -0.2) is 0 Å². The molecule has 0 aromatic heterocycles. The Morgan fingerprint density at radius 2 is 0.796 bits per heavy atom. The first-order valence-corrected chi connectivity index (χ1v) is 21.5. The number of nitrogens with one attached hydrogen (secondary N) is 2. The molecule has 1 rings (SSSR count). The van der Waals surface area contributed by atoms with E-state index in [4.69, 9.17) is 4.74 Å². The summed E-state index contributed by atoms with van der Waals surface area (Å²) in [6.07, 6.45) is 38.2. The summed E-state index contributed by atoms with van der Waals surface area (Å²) < 4.78 is 6.20. The van der Waals surface area contributed by atoms with Crippen LogP contribution in [0.4, 0.5) is 0 Å². The summed E-state index contributed by atoms with van der Waals surface area (Å²) >= 11 is 0. The predicted molar refractivity (Wildman–Crippen MR) is 212 cm³/mol. The van der Waals surface area contributed by atoms with Crippen molar-refractivity contribution < 1.29 is 14.3 Å². The smallest absolute Gasteiger partial charge is 0.255 e. The number of amides is 2. The number of unbranched alkanes of at least 4 members (excludes halogenated alkanes) is 27. The minimum atomic E-state index is -0.105. The summed E-state index contributed by atoms with van der Waals surface area (Å²) in [4.78, 5) is 26.2. The monoisotopic (exact) mass is 685 g/mol. The third kappa shape index (κ3) is 26.4. The van der Waals surface area contributed by atoms with Gasteiger partial charge in [0.2, 0.25) is 0 Å². The number of ether oxygens (including phenoxy) is 1. The lowest BCUT2D eigenvalue weighted by Crippen LogP contribution is -2.26. The van der Waals surface area contributed by atoms with Gasteiger partial charge in [-0.2, -0.15) is 0 Å². The summed E-state index contributed by atoms with van der Waals surface area (Å²) in [6, 6.07) is 5.33. The van der Waals surface area contributed by atoms with Crippen molar-refractivity contribution in [3.8, 4) is 5.75 Å². The number of carbonyl (C=O) groups excluding carboxylic acids is 2. The molecule has 284 valence electrons. The lowest BCUT2D eigenvalue weighted by atomic mass is 10.1. The maximum atomic E-state index is 13.2. The number of carbonyl (C=O) groups is 2. The molecule has 5 heteroatoms. The second-order valence-electron chi connectivity index (χ2n) is 14.6. The van der Waals surface area contributed by atoms with Crippen LogP contribution in [0.5, 0.6) is 5.75 Å². The molecule has 0 unspecified atom stereocenters. The number of rotatable bonds is 36. The van der Waals surface area contributed by atoms with Gasteiger partial charge >= 0.3 is 0 Å². The molecule has 0 heterocycles. The van der Waals surface area contributed by atoms with Crippen LogP contribution in [0, 0.1) is 0 Å². The largest absolute Gasteiger partial charge is 0.493 e. The van der Waals surface area contributed by atoms with E-state index >= 15 is 0 Å². The van der Waals surface area contributed by atoms with Crippen molar-refractivity contribution >= 4 is 11.8 Å². The van der Waals surface area contributed by atoms with Gasteiger partial charge in [0.05, 0.1) is 12.2 Å². The SMILES string of the molecule is CCCCCCCCCCCCNC(=O)c1ccc(C(=O)NCCCCCCCCCCCC)c(OCCCCCCCCCCCC)c1. The van der Waals surface area contributed by atoms with Crippen molar-refractivity contribution in [1.29, 1.82) is 0 Å². The van der Waals surface area contributed by atoms with Gasteiger partial charge in [0.1, 0.15) is 5.75 Å². The molecule has 1 aromatic rings. The van der Waals surface area contributed by atoms with Gasteiger partial charge in [0.15, 0.2) is 0 Å². The van der Waals surface area contributed by atoms with Crippen molar-refractivity contribution in [2.24, 2.45) is 0 Å². The van der Waals surface area contributed by atoms with Crippen LogP contribution in [0.2, 0.25) is 0 Å². The lowest BCUT2D eigenvalue weighted by Gasteiger charge is -2.14. The van der Waals surface area contributed by atoms with Gasteiger partial charge in [0, 0.05) is 18.7 Å². The summed E-state index contributed by atoms with van der Waals surface area (Å²) in [5, 5.41) is 6.20. The van der Waals surface area contributed by atoms with Crippen LogP contribution in [0.25, 0.3) is 0 Å². The molecular formula is C44H80N2O3. The van der Waals surface area contributed by atoms with Crippen LogP contribution in [0.15, 0.2) is 18.2 Å². The van der Waals surface area contributed by atoms with Crippen molar-refractivity contribution in [2.75, 3.05) is 19.7 Å². The normalized spacial score (nSPS) is 11.2. The van der Waals surface area contributed by atoms with Crippen molar-refractivity contribution in [3.05, 3.63) is 29.3 Å². The Morgan fingerprint density at radius 3 is 1.20 bits per heavy atom. The van der Waals surface area contributed by atoms with E-state index in [2.05, 4.69) is 31.4 Å². The highest BCUT2D eigenvalue weighted by atomic mass is 16.5. The summed E-state index contributed by atoms with van der Waals surface area (Å²) in [5.74, 6) is 0.339. The van der Waals surface area contributed by atoms with E-state index in [0.29, 0.717) is 36.6 Å². The van der Waals surface area contributed by atoms with Crippen molar-refractivity contribution in [3.63, 3.8) is 0 Å². The van der Waals surface area contributed by atoms with Gasteiger partial charge in [-0.15, -0.1) is 0 Å². The van der Waals surface area contributed by atoms with E-state index in [1.807, 2.05) is 0 Å². The minimum Gasteiger partial charge on any atom is -0.493 e. The Kier molecular flexibility index (Phi) is 31.6. The zero-order valence-corrected chi connectivity index (χ0v) is 32.8. The van der Waals surface area contributed by atoms with Crippen LogP contribution in [0.3, 0.4) is 0 Å². The minimum absolute atomic E-state index is 0.0861. The second kappa shape index (κ2) is 34.4. The lowest BCUT2D eigenvalue weighted by molar-refractivity contribution is 0.0937. The van der Waals surface area contributed by atoms with Gasteiger partial charge in [-0.05, 0) is 37.5 Å². The van der Waals surface area contributed by atoms with Crippen molar-refractivity contribution in [2.45, 2.75) is 213 Å². The molecule has 49 heavy (non-hydrogen) atoms. The molecule has 2 amide bonds. The average molecular weight is 685 g/mol. The van der Waals surface area contributed by atoms with E-state index in [0.717, 1.165) is 38.5 Å². The number of hydrogen-bond acceptors (Lipinski definition) is 3. The highest BCUT2D eigenvalue weighted by Gasteiger charge is 2.16. The van der Waals surface area contributed by atoms with Crippen LogP contribution >= 0.6 is 0 Å². The number of hydrogen-bond donors (Lipinski definition) is 2. The van der Waals surface area contributed by atoms with E-state index in [1.54, 1.807) is 18.2 Å². The molecular weight excluding hydrogens is 604 g/mol. The van der Waals surface area contributed by atoms with Crippen LogP contribution in [0.1, 0.15) is 234 Å². The Balaban J connectivity index is 2.48. The molecule has 0 atom stereocenters. The van der Waals surface area contributed by atoms with Gasteiger partial charge in [-0.3, -0.25) is 9.59 Å². The first-order valence-electron chi connectivity index (χ1n) is 21.5. The van der Waals surface area contributed by atoms with Crippen LogP contribution in [-0.2, 0) is 0 Å². The first-order chi connectivity index (χ1) is 24.1. The van der Waals surface area contributed by atoms with E-state index in [-0.39, 0.29) is 11.8 Å². The van der Waals surface area contributed by atoms with Crippen LogP contribution in [-0.4, -0.2) is 31.5 Å². The highest BCUT2D eigenvalue weighted by molar-refractivity contribution is 6.00. The Morgan fingerprint density at radius 1 is 0.449 bits per heavy atom. The second-order valence-corrected chi connectivity index (χ2v) is 14.6. The molecule has 0 aliphatic heterocycles. The molecule has 1 aromatic carbocycles. The molecule has 0 aliphatic rings. The summed E-state index contributed by atoms with van der Waals surface area (Å²) in [7, 11) is 0. The molecule has 0 bridgehead atoms. The van der Waals surface area contributed by atoms with E-state index < -0.39 is 0 Å². The molecule has 2 N–H and O–H groups in total. The first kappa shape index (κ1) is 45.0. The maximum absolute atomic E-state index is 13.2. The molecule has 0 saturated heterocycles. The average Bonchev–Trinajstić information content (AvgIpc) is 3.11. The fraction of sp³-hybridized carbons (Fsp3) is 0.818. The maximum Gasteiger partial charge on any atom is 0.255 e. The van der Waals surface area contributed by atoms with E-state index in [1.165, 1.54) is 154 Å². The molecule has 0 saturated carbocycles. The van der Waals surface area contributed by atoms with Gasteiger partial charge in [-0.1, -0.05) is 194 Å². The molecule has 0 radical (unpaired) electrons. The Labute approximate surface area is 304 Å². The van der Waals surface area contributed by atoms with Gasteiger partial charge in [0.25, 0.3) is 11.8 Å². The van der Waals surface area contributed by atoms with Crippen molar-refractivity contribution in [1.82, 2.24) is 10.6 Å². The zero-order chi connectivity index (χ0) is 35.5. The van der Waals surface area contributed by atoms with Crippen LogP contribution < -0.4 is 15.4 Å². The highest BCUT2D eigenvalue weighted by Crippen LogP contribution is 2.22. The zero-order valence-electron chi connectivity index (χ0n) is 32.8. The Hall–Kier alpha value is -2.04. The fourth-order valence-corrected chi connectivity index (χ4v) is 6.57. The summed E-state index contributed by atoms with van der Waals surface area (Å²) in [6.45, 7) is 8.72. The molecule has 0 fully saturated rings. The third-order valence-electron chi connectivity index (χ3n) is 9.88.